The van der Waals surface area contributed by atoms with Crippen LogP contribution >= 0.6 is 0 Å². The smallest absolute Gasteiger partial charge is 0.287 e. The second-order valence-corrected chi connectivity index (χ2v) is 7.27. The lowest BCUT2D eigenvalue weighted by Crippen LogP contribution is -2.35. The molecule has 0 radical (unpaired) electrons. The Morgan fingerprint density at radius 2 is 1.90 bits per heavy atom. The Morgan fingerprint density at radius 3 is 2.57 bits per heavy atom. The summed E-state index contributed by atoms with van der Waals surface area (Å²) in [5.74, 6) is 1.08. The van der Waals surface area contributed by atoms with Gasteiger partial charge >= 0.3 is 0 Å². The summed E-state index contributed by atoms with van der Waals surface area (Å²) in [6.07, 6.45) is 2.25. The summed E-state index contributed by atoms with van der Waals surface area (Å²) in [7, 11) is 3.16. The Morgan fingerprint density at radius 1 is 1.17 bits per heavy atom. The molecule has 0 fully saturated rings. The van der Waals surface area contributed by atoms with Crippen molar-refractivity contribution in [2.24, 2.45) is 5.10 Å². The van der Waals surface area contributed by atoms with Crippen LogP contribution in [0.1, 0.15) is 57.6 Å². The van der Waals surface area contributed by atoms with Crippen molar-refractivity contribution in [2.75, 3.05) is 20.8 Å². The van der Waals surface area contributed by atoms with Gasteiger partial charge in [0.15, 0.2) is 5.76 Å². The molecular weight excluding hydrogens is 386 g/mol. The first-order valence-electron chi connectivity index (χ1n) is 9.88. The molecular formula is C22H27N3O5. The summed E-state index contributed by atoms with van der Waals surface area (Å²) in [5.41, 5.74) is 5.33. The van der Waals surface area contributed by atoms with E-state index in [9.17, 15) is 9.59 Å². The third-order valence-electron chi connectivity index (χ3n) is 4.97. The van der Waals surface area contributed by atoms with E-state index in [0.29, 0.717) is 30.1 Å². The Balaban J connectivity index is 1.78. The van der Waals surface area contributed by atoms with Crippen LogP contribution in [-0.4, -0.2) is 44.4 Å². The molecule has 0 spiro atoms. The quantitative estimate of drug-likeness (QED) is 0.680. The van der Waals surface area contributed by atoms with Crippen molar-refractivity contribution < 1.29 is 23.5 Å². The predicted octanol–water partition coefficient (Wildman–Crippen LogP) is 2.83. The van der Waals surface area contributed by atoms with Crippen LogP contribution in [0.25, 0.3) is 0 Å². The van der Waals surface area contributed by atoms with Crippen molar-refractivity contribution in [3.05, 3.63) is 52.5 Å². The average Bonchev–Trinajstić information content (AvgIpc) is 3.09. The zero-order valence-electron chi connectivity index (χ0n) is 17.7. The zero-order valence-corrected chi connectivity index (χ0v) is 17.7. The van der Waals surface area contributed by atoms with E-state index in [2.05, 4.69) is 15.8 Å². The number of hydrazone groups is 1. The maximum atomic E-state index is 12.6. The van der Waals surface area contributed by atoms with Crippen molar-refractivity contribution >= 4 is 17.5 Å². The van der Waals surface area contributed by atoms with Gasteiger partial charge in [-0.1, -0.05) is 0 Å². The number of benzene rings is 1. The number of methoxy groups -OCH3 is 2. The predicted molar refractivity (Wildman–Crippen MR) is 112 cm³/mol. The second-order valence-electron chi connectivity index (χ2n) is 7.27. The molecule has 2 N–H and O–H groups in total. The van der Waals surface area contributed by atoms with Crippen LogP contribution in [-0.2, 0) is 11.2 Å². The molecule has 1 unspecified atom stereocenters. The average molecular weight is 413 g/mol. The lowest BCUT2D eigenvalue weighted by atomic mass is 9.93. The van der Waals surface area contributed by atoms with E-state index in [1.165, 1.54) is 0 Å². The number of amides is 2. The summed E-state index contributed by atoms with van der Waals surface area (Å²) in [6, 6.07) is 6.65. The van der Waals surface area contributed by atoms with Crippen molar-refractivity contribution in [1.29, 1.82) is 0 Å². The van der Waals surface area contributed by atoms with Crippen molar-refractivity contribution in [1.82, 2.24) is 10.7 Å². The highest BCUT2D eigenvalue weighted by atomic mass is 16.5. The molecule has 2 aromatic rings. The van der Waals surface area contributed by atoms with E-state index < -0.39 is 0 Å². The van der Waals surface area contributed by atoms with Crippen LogP contribution in [0.15, 0.2) is 33.8 Å². The van der Waals surface area contributed by atoms with E-state index >= 15 is 0 Å². The molecule has 3 rings (SSSR count). The van der Waals surface area contributed by atoms with Gasteiger partial charge in [0.2, 0.25) is 0 Å². The molecule has 2 amide bonds. The normalized spacial score (nSPS) is 15.4. The number of carbonyl (C=O) groups is 2. The molecule has 0 saturated carbocycles. The fourth-order valence-electron chi connectivity index (χ4n) is 3.50. The number of carbonyl (C=O) groups excluding carboxylic acids is 2. The number of rotatable bonds is 7. The number of hydrogen-bond donors (Lipinski definition) is 2. The minimum Gasteiger partial charge on any atom is -0.497 e. The Labute approximate surface area is 175 Å². The maximum Gasteiger partial charge on any atom is 0.287 e. The Kier molecular flexibility index (Phi) is 6.89. The lowest BCUT2D eigenvalue weighted by molar-refractivity contribution is 0.0874. The largest absolute Gasteiger partial charge is 0.497 e. The molecule has 1 aliphatic rings. The van der Waals surface area contributed by atoms with E-state index in [1.54, 1.807) is 38.5 Å². The van der Waals surface area contributed by atoms with E-state index in [1.807, 2.05) is 13.8 Å². The van der Waals surface area contributed by atoms with E-state index in [-0.39, 0.29) is 23.6 Å². The van der Waals surface area contributed by atoms with Gasteiger partial charge in [0.05, 0.1) is 19.4 Å². The highest BCUT2D eigenvalue weighted by molar-refractivity contribution is 6.07. The molecule has 1 aliphatic carbocycles. The third-order valence-corrected chi connectivity index (χ3v) is 4.97. The molecule has 0 bridgehead atoms. The van der Waals surface area contributed by atoms with Gasteiger partial charge in [-0.15, -0.1) is 0 Å². The Hall–Kier alpha value is -3.13. The first-order valence-corrected chi connectivity index (χ1v) is 9.88. The summed E-state index contributed by atoms with van der Waals surface area (Å²) >= 11 is 0. The fourth-order valence-corrected chi connectivity index (χ4v) is 3.50. The van der Waals surface area contributed by atoms with E-state index in [0.717, 1.165) is 29.7 Å². The first kappa shape index (κ1) is 21.6. The second kappa shape index (κ2) is 9.58. The topological polar surface area (TPSA) is 102 Å². The SMILES string of the molecule is COCC(C)NC(=O)c1oc2c(c1C)/C(=N/NC(=O)c1ccc(OC)cc1)CCC2. The van der Waals surface area contributed by atoms with Gasteiger partial charge in [-0.3, -0.25) is 9.59 Å². The highest BCUT2D eigenvalue weighted by Gasteiger charge is 2.28. The summed E-state index contributed by atoms with van der Waals surface area (Å²) in [4.78, 5) is 25.0. The third kappa shape index (κ3) is 4.71. The number of nitrogens with one attached hydrogen (secondary N) is 2. The number of ether oxygens (including phenoxy) is 2. The molecule has 0 aliphatic heterocycles. The lowest BCUT2D eigenvalue weighted by Gasteiger charge is -2.13. The van der Waals surface area contributed by atoms with Gasteiger partial charge < -0.3 is 19.2 Å². The minimum atomic E-state index is -0.315. The van der Waals surface area contributed by atoms with Crippen LogP contribution in [0.5, 0.6) is 5.75 Å². The van der Waals surface area contributed by atoms with Crippen LogP contribution < -0.4 is 15.5 Å². The summed E-state index contributed by atoms with van der Waals surface area (Å²) in [6.45, 7) is 4.11. The van der Waals surface area contributed by atoms with Gasteiger partial charge in [0.1, 0.15) is 11.5 Å². The monoisotopic (exact) mass is 413 g/mol. The number of furan rings is 1. The highest BCUT2D eigenvalue weighted by Crippen LogP contribution is 2.30. The van der Waals surface area contributed by atoms with Crippen molar-refractivity contribution in [3.63, 3.8) is 0 Å². The molecule has 1 heterocycles. The standard InChI is InChI=1S/C22H27N3O5/c1-13(12-28-3)23-22(27)20-14(2)19-17(6-5-7-18(19)30-20)24-25-21(26)15-8-10-16(29-4)11-9-15/h8-11,13H,5-7,12H2,1-4H3,(H,23,27)(H,25,26)/b24-17+. The molecule has 1 aromatic carbocycles. The van der Waals surface area contributed by atoms with Crippen LogP contribution in [0, 0.1) is 6.92 Å². The van der Waals surface area contributed by atoms with Crippen molar-refractivity contribution in [3.8, 4) is 5.75 Å². The number of nitrogens with zero attached hydrogens (tertiary/aromatic N) is 1. The number of hydrogen-bond acceptors (Lipinski definition) is 6. The Bertz CT molecular complexity index is 946. The molecule has 0 saturated heterocycles. The molecule has 1 aromatic heterocycles. The first-order chi connectivity index (χ1) is 14.4. The zero-order chi connectivity index (χ0) is 21.7. The van der Waals surface area contributed by atoms with Gasteiger partial charge in [0.25, 0.3) is 11.8 Å². The van der Waals surface area contributed by atoms with Gasteiger partial charge in [-0.25, -0.2) is 5.43 Å². The molecule has 8 heteroatoms. The molecule has 8 nitrogen and oxygen atoms in total. The van der Waals surface area contributed by atoms with Crippen LogP contribution in [0.2, 0.25) is 0 Å². The van der Waals surface area contributed by atoms with Crippen molar-refractivity contribution in [2.45, 2.75) is 39.2 Å². The fraction of sp³-hybridized carbons (Fsp3) is 0.409. The molecule has 30 heavy (non-hydrogen) atoms. The van der Waals surface area contributed by atoms with Gasteiger partial charge in [-0.2, -0.15) is 5.10 Å². The van der Waals surface area contributed by atoms with Crippen LogP contribution in [0.4, 0.5) is 0 Å². The molecule has 1 atom stereocenters. The summed E-state index contributed by atoms with van der Waals surface area (Å²) in [5, 5.41) is 7.21. The number of aryl methyl sites for hydroxylation is 1. The maximum absolute atomic E-state index is 12.6. The van der Waals surface area contributed by atoms with Gasteiger partial charge in [-0.05, 0) is 51.0 Å². The van der Waals surface area contributed by atoms with Crippen LogP contribution in [0.3, 0.4) is 0 Å². The molecule has 160 valence electrons. The van der Waals surface area contributed by atoms with E-state index in [4.69, 9.17) is 13.9 Å². The summed E-state index contributed by atoms with van der Waals surface area (Å²) < 4.78 is 16.0. The number of fused-ring (bicyclic) bond motifs is 1. The minimum absolute atomic E-state index is 0.138. The van der Waals surface area contributed by atoms with Gasteiger partial charge in [0, 0.05) is 36.3 Å².